The molecule has 1 atom stereocenters. The van der Waals surface area contributed by atoms with E-state index < -0.39 is 0 Å². The maximum absolute atomic E-state index is 11.2. The van der Waals surface area contributed by atoms with Crippen LogP contribution in [0, 0.1) is 10.1 Å². The van der Waals surface area contributed by atoms with E-state index in [9.17, 15) is 10.1 Å². The van der Waals surface area contributed by atoms with E-state index in [-0.39, 0.29) is 16.7 Å². The van der Waals surface area contributed by atoms with Gasteiger partial charge in [-0.15, -0.1) is 6.58 Å². The molecule has 1 unspecified atom stereocenters. The highest BCUT2D eigenvalue weighted by atomic mass is 16.6. The second-order valence-corrected chi connectivity index (χ2v) is 9.30. The van der Waals surface area contributed by atoms with Gasteiger partial charge in [0.1, 0.15) is 0 Å². The Morgan fingerprint density at radius 3 is 2.21 bits per heavy atom. The lowest BCUT2D eigenvalue weighted by molar-refractivity contribution is -0.384. The molecular weight excluding hydrogens is 472 g/mol. The Morgan fingerprint density at radius 1 is 0.868 bits per heavy atom. The molecule has 186 valence electrons. The zero-order chi connectivity index (χ0) is 26.1. The van der Waals surface area contributed by atoms with Crippen molar-refractivity contribution in [3.05, 3.63) is 143 Å². The number of rotatable bonds is 7. The molecule has 0 aliphatic carbocycles. The van der Waals surface area contributed by atoms with E-state index in [0.717, 1.165) is 33.7 Å². The van der Waals surface area contributed by atoms with Crippen LogP contribution < -0.4 is 5.01 Å². The SMILES string of the molecule is C=CCn1c(-c2ccccc2)c(C2CC(c3ccc([N+](=O)[O-])cc3)=NN2c2ccccc2)c2ccccc21. The normalized spacial score (nSPS) is 15.0. The number of para-hydroxylation sites is 2. The number of benzene rings is 4. The average molecular weight is 499 g/mol. The predicted molar refractivity (Wildman–Crippen MR) is 153 cm³/mol. The van der Waals surface area contributed by atoms with E-state index in [1.165, 1.54) is 10.9 Å². The summed E-state index contributed by atoms with van der Waals surface area (Å²) in [5.74, 6) is 0. The topological polar surface area (TPSA) is 63.7 Å². The largest absolute Gasteiger partial charge is 0.336 e. The quantitative estimate of drug-likeness (QED) is 0.131. The number of hydrazone groups is 1. The Kier molecular flexibility index (Phi) is 6.06. The summed E-state index contributed by atoms with van der Waals surface area (Å²) in [7, 11) is 0. The van der Waals surface area contributed by atoms with Crippen molar-refractivity contribution in [2.24, 2.45) is 5.10 Å². The van der Waals surface area contributed by atoms with Gasteiger partial charge in [0.05, 0.1) is 28.1 Å². The van der Waals surface area contributed by atoms with E-state index in [1.807, 2.05) is 30.3 Å². The van der Waals surface area contributed by atoms with E-state index in [0.29, 0.717) is 13.0 Å². The van der Waals surface area contributed by atoms with Gasteiger partial charge in [0, 0.05) is 41.6 Å². The van der Waals surface area contributed by atoms with E-state index >= 15 is 0 Å². The predicted octanol–water partition coefficient (Wildman–Crippen LogP) is 7.76. The number of nitrogens with zero attached hydrogens (tertiary/aromatic N) is 4. The molecule has 6 nitrogen and oxygen atoms in total. The molecule has 0 N–H and O–H groups in total. The van der Waals surface area contributed by atoms with Crippen molar-refractivity contribution < 1.29 is 4.92 Å². The monoisotopic (exact) mass is 498 g/mol. The highest BCUT2D eigenvalue weighted by Crippen LogP contribution is 2.45. The summed E-state index contributed by atoms with van der Waals surface area (Å²) >= 11 is 0. The fourth-order valence-corrected chi connectivity index (χ4v) is 5.40. The van der Waals surface area contributed by atoms with Gasteiger partial charge in [-0.2, -0.15) is 5.10 Å². The molecule has 6 heteroatoms. The Balaban J connectivity index is 1.56. The minimum absolute atomic E-state index is 0.0719. The minimum Gasteiger partial charge on any atom is -0.336 e. The number of hydrogen-bond donors (Lipinski definition) is 0. The molecule has 5 aromatic rings. The van der Waals surface area contributed by atoms with Crippen LogP contribution in [-0.2, 0) is 6.54 Å². The van der Waals surface area contributed by atoms with Crippen molar-refractivity contribution in [2.75, 3.05) is 5.01 Å². The molecule has 1 aliphatic rings. The number of anilines is 1. The summed E-state index contributed by atoms with van der Waals surface area (Å²) in [6, 6.07) is 35.7. The maximum Gasteiger partial charge on any atom is 0.269 e. The van der Waals surface area contributed by atoms with Crippen LogP contribution in [0.25, 0.3) is 22.2 Å². The molecule has 1 aliphatic heterocycles. The molecule has 38 heavy (non-hydrogen) atoms. The third-order valence-electron chi connectivity index (χ3n) is 7.04. The van der Waals surface area contributed by atoms with E-state index in [1.54, 1.807) is 24.3 Å². The van der Waals surface area contributed by atoms with E-state index in [2.05, 4.69) is 76.8 Å². The molecule has 0 bridgehead atoms. The number of non-ortho nitro benzene ring substituents is 1. The van der Waals surface area contributed by atoms with Crippen molar-refractivity contribution >= 4 is 28.0 Å². The second-order valence-electron chi connectivity index (χ2n) is 9.30. The Morgan fingerprint density at radius 2 is 1.53 bits per heavy atom. The summed E-state index contributed by atoms with van der Waals surface area (Å²) in [6.07, 6.45) is 2.60. The van der Waals surface area contributed by atoms with Crippen LogP contribution in [0.1, 0.15) is 23.6 Å². The fraction of sp³-hybridized carbons (Fsp3) is 0.0938. The lowest BCUT2D eigenvalue weighted by Gasteiger charge is -2.25. The lowest BCUT2D eigenvalue weighted by atomic mass is 9.93. The molecule has 0 saturated carbocycles. The van der Waals surface area contributed by atoms with Crippen LogP contribution >= 0.6 is 0 Å². The number of allylic oxidation sites excluding steroid dienone is 1. The average Bonchev–Trinajstić information content (AvgIpc) is 3.54. The third kappa shape index (κ3) is 4.06. The first-order valence-corrected chi connectivity index (χ1v) is 12.6. The molecule has 0 spiro atoms. The van der Waals surface area contributed by atoms with Crippen LogP contribution in [0.5, 0.6) is 0 Å². The van der Waals surface area contributed by atoms with Crippen LogP contribution in [0.15, 0.2) is 127 Å². The second kappa shape index (κ2) is 9.82. The number of nitro benzene ring substituents is 1. The summed E-state index contributed by atoms with van der Waals surface area (Å²) < 4.78 is 2.33. The van der Waals surface area contributed by atoms with Crippen molar-refractivity contribution in [2.45, 2.75) is 19.0 Å². The molecule has 2 heterocycles. The highest BCUT2D eigenvalue weighted by molar-refractivity contribution is 6.04. The minimum atomic E-state index is -0.375. The standard InChI is InChI=1S/C32H26N4O2/c1-2-21-34-29-16-10-9-15-27(29)31(32(34)24-11-5-3-6-12-24)30-22-28(23-17-19-26(20-18-23)36(37)38)33-35(30)25-13-7-4-8-14-25/h2-20,30H,1,21-22H2. The smallest absolute Gasteiger partial charge is 0.269 e. The molecule has 0 saturated heterocycles. The Hall–Kier alpha value is -4.97. The maximum atomic E-state index is 11.2. The zero-order valence-electron chi connectivity index (χ0n) is 20.8. The van der Waals surface area contributed by atoms with Gasteiger partial charge in [0.15, 0.2) is 0 Å². The van der Waals surface area contributed by atoms with Crippen LogP contribution in [0.3, 0.4) is 0 Å². The molecule has 4 aromatic carbocycles. The first-order chi connectivity index (χ1) is 18.7. The highest BCUT2D eigenvalue weighted by Gasteiger charge is 2.35. The van der Waals surface area contributed by atoms with Gasteiger partial charge < -0.3 is 4.57 Å². The van der Waals surface area contributed by atoms with Gasteiger partial charge in [-0.1, -0.05) is 72.8 Å². The molecular formula is C32H26N4O2. The molecule has 0 fully saturated rings. The first kappa shape index (κ1) is 23.4. The number of nitro groups is 1. The van der Waals surface area contributed by atoms with Crippen LogP contribution in [0.4, 0.5) is 11.4 Å². The third-order valence-corrected chi connectivity index (χ3v) is 7.04. The van der Waals surface area contributed by atoms with Gasteiger partial charge in [-0.3, -0.25) is 15.1 Å². The molecule has 0 radical (unpaired) electrons. The molecule has 1 aromatic heterocycles. The summed E-state index contributed by atoms with van der Waals surface area (Å²) in [5.41, 5.74) is 7.49. The van der Waals surface area contributed by atoms with Gasteiger partial charge in [-0.05, 0) is 41.5 Å². The number of hydrogen-bond acceptors (Lipinski definition) is 4. The first-order valence-electron chi connectivity index (χ1n) is 12.6. The van der Waals surface area contributed by atoms with Gasteiger partial charge >= 0.3 is 0 Å². The number of aromatic nitrogens is 1. The molecule has 0 amide bonds. The van der Waals surface area contributed by atoms with Crippen molar-refractivity contribution in [1.82, 2.24) is 4.57 Å². The number of fused-ring (bicyclic) bond motifs is 1. The summed E-state index contributed by atoms with van der Waals surface area (Å²) in [4.78, 5) is 10.8. The fourth-order valence-electron chi connectivity index (χ4n) is 5.40. The molecule has 6 rings (SSSR count). The van der Waals surface area contributed by atoms with Crippen molar-refractivity contribution in [3.8, 4) is 11.3 Å². The van der Waals surface area contributed by atoms with Gasteiger partial charge in [-0.25, -0.2) is 0 Å². The summed E-state index contributed by atoms with van der Waals surface area (Å²) in [6.45, 7) is 4.72. The Bertz CT molecular complexity index is 1660. The van der Waals surface area contributed by atoms with Crippen molar-refractivity contribution in [1.29, 1.82) is 0 Å². The lowest BCUT2D eigenvalue weighted by Crippen LogP contribution is -2.19. The van der Waals surface area contributed by atoms with Crippen LogP contribution in [-0.4, -0.2) is 15.2 Å². The van der Waals surface area contributed by atoms with E-state index in [4.69, 9.17) is 5.10 Å². The summed E-state index contributed by atoms with van der Waals surface area (Å²) in [5, 5.41) is 19.6. The van der Waals surface area contributed by atoms with Crippen LogP contribution in [0.2, 0.25) is 0 Å². The van der Waals surface area contributed by atoms with Gasteiger partial charge in [0.25, 0.3) is 5.69 Å². The van der Waals surface area contributed by atoms with Crippen molar-refractivity contribution in [3.63, 3.8) is 0 Å². The zero-order valence-corrected chi connectivity index (χ0v) is 20.8. The Labute approximate surface area is 220 Å². The van der Waals surface area contributed by atoms with Gasteiger partial charge in [0.2, 0.25) is 0 Å².